The van der Waals surface area contributed by atoms with E-state index >= 15 is 0 Å². The van der Waals surface area contributed by atoms with E-state index in [4.69, 9.17) is 0 Å². The number of nitrogens with zero attached hydrogens (tertiary/aromatic N) is 3. The van der Waals surface area contributed by atoms with E-state index in [1.165, 1.54) is 76.5 Å². The molecule has 0 saturated heterocycles. The van der Waals surface area contributed by atoms with E-state index in [9.17, 15) is 0 Å². The second-order valence-electron chi connectivity index (χ2n) is 15.0. The van der Waals surface area contributed by atoms with Crippen molar-refractivity contribution in [1.82, 2.24) is 13.7 Å². The van der Waals surface area contributed by atoms with Crippen molar-refractivity contribution in [2.75, 3.05) is 0 Å². The van der Waals surface area contributed by atoms with Gasteiger partial charge in [0.1, 0.15) is 0 Å². The first-order chi connectivity index (χ1) is 26.6. The summed E-state index contributed by atoms with van der Waals surface area (Å²) in [5, 5.41) is 7.51. The summed E-state index contributed by atoms with van der Waals surface area (Å²) in [6, 6.07) is 69.0. The summed E-state index contributed by atoms with van der Waals surface area (Å²) in [5.41, 5.74) is 13.1. The minimum absolute atomic E-state index is 0.163. The first-order valence-corrected chi connectivity index (χ1v) is 18.8. The van der Waals surface area contributed by atoms with Gasteiger partial charge in [-0.15, -0.1) is 0 Å². The zero-order chi connectivity index (χ0) is 36.0. The highest BCUT2D eigenvalue weighted by Gasteiger charge is 2.24. The van der Waals surface area contributed by atoms with Gasteiger partial charge in [0, 0.05) is 54.8 Å². The molecule has 0 N–H and O–H groups in total. The Morgan fingerprint density at radius 2 is 0.630 bits per heavy atom. The van der Waals surface area contributed by atoms with E-state index in [-0.39, 0.29) is 5.41 Å². The normalized spacial score (nSPS) is 12.3. The van der Waals surface area contributed by atoms with Gasteiger partial charge in [0.25, 0.3) is 0 Å². The molecule has 0 spiro atoms. The Hall–Kier alpha value is -6.84. The van der Waals surface area contributed by atoms with Gasteiger partial charge >= 0.3 is 0 Å². The smallest absolute Gasteiger partial charge is 0.0542 e. The first-order valence-electron chi connectivity index (χ1n) is 18.8. The third kappa shape index (κ3) is 4.42. The zero-order valence-corrected chi connectivity index (χ0v) is 30.2. The average molecular weight is 692 g/mol. The van der Waals surface area contributed by atoms with E-state index in [1.807, 2.05) is 0 Å². The van der Waals surface area contributed by atoms with Crippen molar-refractivity contribution in [1.29, 1.82) is 0 Å². The topological polar surface area (TPSA) is 14.8 Å². The van der Waals surface area contributed by atoms with E-state index in [0.29, 0.717) is 0 Å². The van der Waals surface area contributed by atoms with Crippen LogP contribution in [0.25, 0.3) is 82.5 Å². The van der Waals surface area contributed by atoms with Crippen LogP contribution in [0, 0.1) is 0 Å². The highest BCUT2D eigenvalue weighted by Crippen LogP contribution is 2.40. The zero-order valence-electron chi connectivity index (χ0n) is 30.2. The lowest BCUT2D eigenvalue weighted by atomic mass is 9.78. The predicted molar refractivity (Wildman–Crippen MR) is 228 cm³/mol. The molecule has 0 radical (unpaired) electrons. The maximum atomic E-state index is 2.46. The van der Waals surface area contributed by atoms with Gasteiger partial charge in [0.15, 0.2) is 0 Å². The van der Waals surface area contributed by atoms with E-state index in [2.05, 4.69) is 216 Å². The molecule has 3 heterocycles. The van der Waals surface area contributed by atoms with E-state index in [0.717, 1.165) is 17.1 Å². The summed E-state index contributed by atoms with van der Waals surface area (Å²) < 4.78 is 7.31. The van der Waals surface area contributed by atoms with Crippen LogP contribution in [0.15, 0.2) is 188 Å². The lowest BCUT2D eigenvalue weighted by Gasteiger charge is -2.27. The van der Waals surface area contributed by atoms with Crippen LogP contribution >= 0.6 is 0 Å². The molecular formula is C51H37N3. The molecule has 0 aliphatic carbocycles. The van der Waals surface area contributed by atoms with Gasteiger partial charge in [-0.1, -0.05) is 129 Å². The number of rotatable bonds is 5. The molecule has 0 aliphatic rings. The number of para-hydroxylation sites is 4. The number of hydrogen-bond donors (Lipinski definition) is 0. The van der Waals surface area contributed by atoms with Crippen molar-refractivity contribution in [3.05, 3.63) is 199 Å². The molecule has 3 aromatic heterocycles. The third-order valence-corrected chi connectivity index (χ3v) is 11.7. The fourth-order valence-corrected chi connectivity index (χ4v) is 9.01. The minimum atomic E-state index is -0.163. The molecule has 11 rings (SSSR count). The lowest BCUT2D eigenvalue weighted by Crippen LogP contribution is -2.19. The first kappa shape index (κ1) is 30.8. The fourth-order valence-electron chi connectivity index (χ4n) is 9.01. The Morgan fingerprint density at radius 3 is 1.07 bits per heavy atom. The Morgan fingerprint density at radius 1 is 0.278 bits per heavy atom. The largest absolute Gasteiger partial charge is 0.309 e. The molecule has 11 aromatic rings. The standard InChI is InChI=1S/C51H37N3/c1-51(2,34-15-4-3-5-16-34)35-17-14-18-36(31-35)52-49-29-27-37(53-45-23-10-6-19-39(45)40-20-7-11-24-46(40)53)32-43(49)44-33-38(28-30-50(44)52)54-47-25-12-8-21-41(47)42-22-9-13-26-48(42)54/h3-33H,1-2H3. The Kier molecular flexibility index (Phi) is 6.60. The highest BCUT2D eigenvalue weighted by molar-refractivity contribution is 6.14. The maximum Gasteiger partial charge on any atom is 0.0542 e. The summed E-state index contributed by atoms with van der Waals surface area (Å²) in [6.45, 7) is 4.65. The molecule has 8 aromatic carbocycles. The number of hydrogen-bond acceptors (Lipinski definition) is 0. The van der Waals surface area contributed by atoms with Crippen LogP contribution < -0.4 is 0 Å². The molecule has 0 unspecified atom stereocenters. The molecule has 0 atom stereocenters. The monoisotopic (exact) mass is 691 g/mol. The van der Waals surface area contributed by atoms with Gasteiger partial charge in [-0.3, -0.25) is 0 Å². The van der Waals surface area contributed by atoms with Gasteiger partial charge in [-0.25, -0.2) is 0 Å². The summed E-state index contributed by atoms with van der Waals surface area (Å²) in [5.74, 6) is 0. The van der Waals surface area contributed by atoms with Crippen LogP contribution in [0.2, 0.25) is 0 Å². The SMILES string of the molecule is CC(C)(c1ccccc1)c1cccc(-n2c3ccc(-n4c5ccccc5c5ccccc54)cc3c3cc(-n4c5ccccc5c5ccccc54)ccc32)c1. The lowest BCUT2D eigenvalue weighted by molar-refractivity contribution is 0.640. The molecule has 0 amide bonds. The highest BCUT2D eigenvalue weighted by atomic mass is 15.0. The van der Waals surface area contributed by atoms with Crippen LogP contribution in [0.4, 0.5) is 0 Å². The van der Waals surface area contributed by atoms with Crippen LogP contribution in [0.1, 0.15) is 25.0 Å². The maximum absolute atomic E-state index is 2.46. The molecule has 54 heavy (non-hydrogen) atoms. The van der Waals surface area contributed by atoms with Crippen molar-refractivity contribution < 1.29 is 0 Å². The fraction of sp³-hybridized carbons (Fsp3) is 0.0588. The van der Waals surface area contributed by atoms with Gasteiger partial charge in [-0.05, 0) is 83.9 Å². The minimum Gasteiger partial charge on any atom is -0.309 e. The van der Waals surface area contributed by atoms with Gasteiger partial charge in [-0.2, -0.15) is 0 Å². The Bertz CT molecular complexity index is 2970. The summed E-state index contributed by atoms with van der Waals surface area (Å²) in [7, 11) is 0. The molecule has 0 bridgehead atoms. The second kappa shape index (κ2) is 11.6. The van der Waals surface area contributed by atoms with E-state index < -0.39 is 0 Å². The summed E-state index contributed by atoms with van der Waals surface area (Å²) >= 11 is 0. The molecular weight excluding hydrogens is 655 g/mol. The van der Waals surface area contributed by atoms with Crippen molar-refractivity contribution in [3.63, 3.8) is 0 Å². The molecule has 256 valence electrons. The number of fused-ring (bicyclic) bond motifs is 9. The quantitative estimate of drug-likeness (QED) is 0.171. The van der Waals surface area contributed by atoms with Crippen molar-refractivity contribution in [2.45, 2.75) is 19.3 Å². The van der Waals surface area contributed by atoms with Crippen LogP contribution in [0.3, 0.4) is 0 Å². The van der Waals surface area contributed by atoms with Crippen LogP contribution in [0.5, 0.6) is 0 Å². The number of aromatic nitrogens is 3. The van der Waals surface area contributed by atoms with Gasteiger partial charge < -0.3 is 13.7 Å². The van der Waals surface area contributed by atoms with Gasteiger partial charge in [0.05, 0.1) is 33.1 Å². The number of benzene rings is 8. The molecule has 3 nitrogen and oxygen atoms in total. The average Bonchev–Trinajstić information content (AvgIpc) is 3.86. The predicted octanol–water partition coefficient (Wildman–Crippen LogP) is 13.3. The Balaban J connectivity index is 1.20. The van der Waals surface area contributed by atoms with E-state index in [1.54, 1.807) is 0 Å². The Labute approximate surface area is 313 Å². The van der Waals surface area contributed by atoms with Crippen molar-refractivity contribution in [2.24, 2.45) is 0 Å². The summed E-state index contributed by atoms with van der Waals surface area (Å²) in [6.07, 6.45) is 0. The molecule has 0 saturated carbocycles. The van der Waals surface area contributed by atoms with Crippen molar-refractivity contribution >= 4 is 65.4 Å². The molecule has 0 aliphatic heterocycles. The third-order valence-electron chi connectivity index (χ3n) is 11.7. The van der Waals surface area contributed by atoms with Crippen LogP contribution in [-0.4, -0.2) is 13.7 Å². The van der Waals surface area contributed by atoms with Crippen molar-refractivity contribution in [3.8, 4) is 17.1 Å². The molecule has 0 fully saturated rings. The van der Waals surface area contributed by atoms with Gasteiger partial charge in [0.2, 0.25) is 0 Å². The summed E-state index contributed by atoms with van der Waals surface area (Å²) in [4.78, 5) is 0. The van der Waals surface area contributed by atoms with Crippen LogP contribution in [-0.2, 0) is 5.41 Å². The second-order valence-corrected chi connectivity index (χ2v) is 15.0. The molecule has 3 heteroatoms.